The largest absolute Gasteiger partial charge is 0.465 e. The van der Waals surface area contributed by atoms with Gasteiger partial charge < -0.3 is 25.3 Å². The lowest BCUT2D eigenvalue weighted by molar-refractivity contribution is -0.135. The Hall–Kier alpha value is -1.90. The SMILES string of the molecule is Cc1ccc(CN2CCNC(=O)[C@@H]2CC(=O)NC(C)(CO)CO)o1. The Morgan fingerprint density at radius 1 is 1.46 bits per heavy atom. The molecule has 1 aliphatic heterocycles. The van der Waals surface area contributed by atoms with E-state index < -0.39 is 17.5 Å². The van der Waals surface area contributed by atoms with Gasteiger partial charge in [0.15, 0.2) is 0 Å². The third-order valence-electron chi connectivity index (χ3n) is 4.11. The first-order valence-electron chi connectivity index (χ1n) is 7.96. The second kappa shape index (κ2) is 7.78. The molecule has 1 saturated heterocycles. The van der Waals surface area contributed by atoms with Crippen molar-refractivity contribution in [3.8, 4) is 0 Å². The number of hydrogen-bond acceptors (Lipinski definition) is 6. The molecule has 134 valence electrons. The number of aryl methyl sites for hydroxylation is 1. The lowest BCUT2D eigenvalue weighted by Crippen LogP contribution is -2.58. The average molecular weight is 339 g/mol. The van der Waals surface area contributed by atoms with Crippen LogP contribution >= 0.6 is 0 Å². The zero-order valence-electron chi connectivity index (χ0n) is 14.0. The number of carbonyl (C=O) groups excluding carboxylic acids is 2. The van der Waals surface area contributed by atoms with Crippen molar-refractivity contribution >= 4 is 11.8 Å². The Labute approximate surface area is 140 Å². The molecule has 1 aromatic heterocycles. The predicted octanol–water partition coefficient (Wildman–Crippen LogP) is -0.862. The van der Waals surface area contributed by atoms with Crippen LogP contribution in [0.2, 0.25) is 0 Å². The number of furan rings is 1. The summed E-state index contributed by atoms with van der Waals surface area (Å²) >= 11 is 0. The minimum atomic E-state index is -1.11. The van der Waals surface area contributed by atoms with Crippen LogP contribution in [0.25, 0.3) is 0 Å². The highest BCUT2D eigenvalue weighted by molar-refractivity contribution is 5.89. The van der Waals surface area contributed by atoms with Crippen LogP contribution in [0.5, 0.6) is 0 Å². The van der Waals surface area contributed by atoms with Gasteiger partial charge in [-0.1, -0.05) is 0 Å². The highest BCUT2D eigenvalue weighted by Crippen LogP contribution is 2.16. The summed E-state index contributed by atoms with van der Waals surface area (Å²) in [6, 6.07) is 3.09. The molecule has 2 heterocycles. The van der Waals surface area contributed by atoms with Crippen LogP contribution in [-0.4, -0.2) is 64.8 Å². The number of rotatable bonds is 7. The van der Waals surface area contributed by atoms with E-state index in [4.69, 9.17) is 4.42 Å². The molecule has 2 rings (SSSR count). The van der Waals surface area contributed by atoms with E-state index in [1.54, 1.807) is 0 Å². The zero-order chi connectivity index (χ0) is 17.7. The Balaban J connectivity index is 2.03. The van der Waals surface area contributed by atoms with Gasteiger partial charge in [-0.2, -0.15) is 0 Å². The molecule has 8 nitrogen and oxygen atoms in total. The van der Waals surface area contributed by atoms with Gasteiger partial charge in [-0.05, 0) is 26.0 Å². The molecular formula is C16H25N3O5. The fraction of sp³-hybridized carbons (Fsp3) is 0.625. The topological polar surface area (TPSA) is 115 Å². The summed E-state index contributed by atoms with van der Waals surface area (Å²) in [7, 11) is 0. The van der Waals surface area contributed by atoms with Crippen LogP contribution in [0.4, 0.5) is 0 Å². The summed E-state index contributed by atoms with van der Waals surface area (Å²) in [6.07, 6.45) is -0.0545. The molecule has 1 atom stereocenters. The first-order chi connectivity index (χ1) is 11.4. The monoisotopic (exact) mass is 339 g/mol. The number of aliphatic hydroxyl groups is 2. The molecule has 0 aliphatic carbocycles. The molecule has 4 N–H and O–H groups in total. The van der Waals surface area contributed by atoms with Gasteiger partial charge in [-0.15, -0.1) is 0 Å². The number of carbonyl (C=O) groups is 2. The van der Waals surface area contributed by atoms with Crippen molar-refractivity contribution in [2.45, 2.75) is 38.4 Å². The summed E-state index contributed by atoms with van der Waals surface area (Å²) < 4.78 is 5.55. The van der Waals surface area contributed by atoms with Crippen LogP contribution in [-0.2, 0) is 16.1 Å². The van der Waals surface area contributed by atoms with Gasteiger partial charge in [0.2, 0.25) is 11.8 Å². The zero-order valence-corrected chi connectivity index (χ0v) is 14.0. The quantitative estimate of drug-likeness (QED) is 0.514. The molecule has 2 amide bonds. The van der Waals surface area contributed by atoms with Crippen molar-refractivity contribution in [3.05, 3.63) is 23.7 Å². The summed E-state index contributed by atoms with van der Waals surface area (Å²) in [6.45, 7) is 4.18. The van der Waals surface area contributed by atoms with Gasteiger partial charge in [0.25, 0.3) is 0 Å². The lowest BCUT2D eigenvalue weighted by Gasteiger charge is -2.35. The van der Waals surface area contributed by atoms with Gasteiger partial charge >= 0.3 is 0 Å². The second-order valence-corrected chi connectivity index (χ2v) is 6.42. The molecular weight excluding hydrogens is 314 g/mol. The van der Waals surface area contributed by atoms with Crippen molar-refractivity contribution < 1.29 is 24.2 Å². The van der Waals surface area contributed by atoms with E-state index in [0.717, 1.165) is 11.5 Å². The van der Waals surface area contributed by atoms with E-state index in [9.17, 15) is 19.8 Å². The Bertz CT molecular complexity index is 582. The third-order valence-corrected chi connectivity index (χ3v) is 4.11. The standard InChI is InChI=1S/C16H25N3O5/c1-11-3-4-12(24-11)8-19-6-5-17-15(23)13(19)7-14(22)18-16(2,9-20)10-21/h3-4,13,20-21H,5-10H2,1-2H3,(H,17,23)(H,18,22)/t13-/m0/s1. The molecule has 0 saturated carbocycles. The number of hydrogen-bond donors (Lipinski definition) is 4. The molecule has 24 heavy (non-hydrogen) atoms. The van der Waals surface area contributed by atoms with E-state index in [2.05, 4.69) is 10.6 Å². The maximum atomic E-state index is 12.2. The molecule has 8 heteroatoms. The summed E-state index contributed by atoms with van der Waals surface area (Å²) in [5, 5.41) is 23.9. The normalized spacial score (nSPS) is 19.2. The van der Waals surface area contributed by atoms with E-state index >= 15 is 0 Å². The average Bonchev–Trinajstić information content (AvgIpc) is 2.95. The molecule has 0 aromatic carbocycles. The van der Waals surface area contributed by atoms with E-state index in [1.807, 2.05) is 24.0 Å². The summed E-state index contributed by atoms with van der Waals surface area (Å²) in [4.78, 5) is 26.3. The number of nitrogens with zero attached hydrogens (tertiary/aromatic N) is 1. The second-order valence-electron chi connectivity index (χ2n) is 6.42. The van der Waals surface area contributed by atoms with Crippen molar-refractivity contribution in [3.63, 3.8) is 0 Å². The maximum absolute atomic E-state index is 12.2. The van der Waals surface area contributed by atoms with Crippen molar-refractivity contribution in [1.29, 1.82) is 0 Å². The Morgan fingerprint density at radius 3 is 2.75 bits per heavy atom. The molecule has 0 spiro atoms. The van der Waals surface area contributed by atoms with Gasteiger partial charge in [0.1, 0.15) is 11.5 Å². The smallest absolute Gasteiger partial charge is 0.237 e. The molecule has 1 aromatic rings. The van der Waals surface area contributed by atoms with E-state index in [-0.39, 0.29) is 25.5 Å². The minimum absolute atomic E-state index is 0.0545. The fourth-order valence-electron chi connectivity index (χ4n) is 2.64. The highest BCUT2D eigenvalue weighted by Gasteiger charge is 2.34. The van der Waals surface area contributed by atoms with Crippen LogP contribution in [0.15, 0.2) is 16.5 Å². The van der Waals surface area contributed by atoms with Crippen molar-refractivity contribution in [2.24, 2.45) is 0 Å². The van der Waals surface area contributed by atoms with Crippen LogP contribution in [0.3, 0.4) is 0 Å². The first-order valence-corrected chi connectivity index (χ1v) is 7.96. The summed E-state index contributed by atoms with van der Waals surface area (Å²) in [5.41, 5.74) is -1.11. The molecule has 1 aliphatic rings. The molecule has 0 bridgehead atoms. The van der Waals surface area contributed by atoms with Crippen LogP contribution in [0, 0.1) is 6.92 Å². The first kappa shape index (κ1) is 18.4. The molecule has 1 fully saturated rings. The van der Waals surface area contributed by atoms with Crippen molar-refractivity contribution in [2.75, 3.05) is 26.3 Å². The maximum Gasteiger partial charge on any atom is 0.237 e. The van der Waals surface area contributed by atoms with E-state index in [1.165, 1.54) is 6.92 Å². The summed E-state index contributed by atoms with van der Waals surface area (Å²) in [5.74, 6) is 0.920. The lowest BCUT2D eigenvalue weighted by atomic mass is 10.0. The fourth-order valence-corrected chi connectivity index (χ4v) is 2.64. The molecule has 0 unspecified atom stereocenters. The van der Waals surface area contributed by atoms with Gasteiger partial charge in [-0.25, -0.2) is 0 Å². The Morgan fingerprint density at radius 2 is 2.17 bits per heavy atom. The number of amides is 2. The van der Waals surface area contributed by atoms with Gasteiger partial charge in [-0.3, -0.25) is 14.5 Å². The predicted molar refractivity (Wildman–Crippen MR) is 86.0 cm³/mol. The number of nitrogens with one attached hydrogen (secondary N) is 2. The van der Waals surface area contributed by atoms with Crippen LogP contribution in [0.1, 0.15) is 24.9 Å². The third kappa shape index (κ3) is 4.56. The molecule has 0 radical (unpaired) electrons. The van der Waals surface area contributed by atoms with Gasteiger partial charge in [0, 0.05) is 13.1 Å². The number of aliphatic hydroxyl groups excluding tert-OH is 2. The highest BCUT2D eigenvalue weighted by atomic mass is 16.3. The van der Waals surface area contributed by atoms with Gasteiger partial charge in [0.05, 0.1) is 37.8 Å². The number of piperazine rings is 1. The van der Waals surface area contributed by atoms with Crippen LogP contribution < -0.4 is 10.6 Å². The minimum Gasteiger partial charge on any atom is -0.465 e. The Kier molecular flexibility index (Phi) is 5.98. The van der Waals surface area contributed by atoms with E-state index in [0.29, 0.717) is 19.6 Å². The van der Waals surface area contributed by atoms with Crippen molar-refractivity contribution in [1.82, 2.24) is 15.5 Å².